The summed E-state index contributed by atoms with van der Waals surface area (Å²) in [7, 11) is 0. The summed E-state index contributed by atoms with van der Waals surface area (Å²) < 4.78 is 13.0. The van der Waals surface area contributed by atoms with Crippen molar-refractivity contribution in [1.82, 2.24) is 9.71 Å². The lowest BCUT2D eigenvalue weighted by Crippen LogP contribution is -2.38. The Bertz CT molecular complexity index is 393. The van der Waals surface area contributed by atoms with Crippen molar-refractivity contribution in [1.29, 1.82) is 0 Å². The molecule has 0 spiro atoms. The molecule has 0 aromatic carbocycles. The van der Waals surface area contributed by atoms with Crippen LogP contribution in [0.4, 0.5) is 0 Å². The van der Waals surface area contributed by atoms with Gasteiger partial charge in [0.25, 0.3) is 0 Å². The summed E-state index contributed by atoms with van der Waals surface area (Å²) in [5.74, 6) is 0. The van der Waals surface area contributed by atoms with Gasteiger partial charge < -0.3 is 4.74 Å². The Labute approximate surface area is 99.1 Å². The molecule has 1 unspecified atom stereocenters. The highest BCUT2D eigenvalue weighted by Gasteiger charge is 2.35. The number of nitrogens with zero attached hydrogens (tertiary/aromatic N) is 2. The third-order valence-electron chi connectivity index (χ3n) is 2.18. The Hall–Kier alpha value is -1.33. The zero-order valence-electron chi connectivity index (χ0n) is 8.96. The lowest BCUT2D eigenvalue weighted by atomic mass is 10.1. The maximum absolute atomic E-state index is 5.73. The molecule has 84 valence electrons. The summed E-state index contributed by atoms with van der Waals surface area (Å²) >= 11 is 1.27. The first kappa shape index (κ1) is 11.2. The number of pyridine rings is 1. The maximum atomic E-state index is 5.73. The normalized spacial score (nSPS) is 24.1. The van der Waals surface area contributed by atoms with Crippen LogP contribution in [0.15, 0.2) is 41.3 Å². The summed E-state index contributed by atoms with van der Waals surface area (Å²) in [6, 6.07) is 3.81. The first-order chi connectivity index (χ1) is 7.87. The van der Waals surface area contributed by atoms with Crippen LogP contribution in [0.1, 0.15) is 18.9 Å². The minimum absolute atomic E-state index is 0.667. The highest BCUT2D eigenvalue weighted by molar-refractivity contribution is 7.96. The van der Waals surface area contributed by atoms with Crippen LogP contribution in [0, 0.1) is 0 Å². The minimum Gasteiger partial charge on any atom is -0.470 e. The van der Waals surface area contributed by atoms with Crippen molar-refractivity contribution in [3.05, 3.63) is 42.4 Å². The molecule has 5 heteroatoms. The lowest BCUT2D eigenvalue weighted by molar-refractivity contribution is 0.0847. The van der Waals surface area contributed by atoms with Crippen LogP contribution in [-0.2, 0) is 10.5 Å². The highest BCUT2D eigenvalue weighted by atomic mass is 32.2. The number of nitrogens with one attached hydrogen (secondary N) is 1. The van der Waals surface area contributed by atoms with Gasteiger partial charge in [-0.15, -0.1) is 0 Å². The van der Waals surface area contributed by atoms with Crippen LogP contribution in [0.3, 0.4) is 0 Å². The molecule has 1 aromatic heterocycles. The van der Waals surface area contributed by atoms with E-state index in [0.717, 1.165) is 12.0 Å². The molecule has 2 heterocycles. The Balaban J connectivity index is 2.23. The molecule has 1 atom stereocenters. The first-order valence-electron chi connectivity index (χ1n) is 5.08. The molecule has 0 bridgehead atoms. The topological polar surface area (TPSA) is 46.5 Å². The summed E-state index contributed by atoms with van der Waals surface area (Å²) in [6.07, 6.45) is 9.83. The molecule has 2 rings (SSSR count). The standard InChI is InChI=1S/C11H13N3OS/c1-2-3-8-15-11(9-13-16-14-11)10-4-6-12-7-5-10/h3-9,14H,2H2,1H3. The Morgan fingerprint density at radius 3 is 2.94 bits per heavy atom. The largest absolute Gasteiger partial charge is 0.470 e. The Kier molecular flexibility index (Phi) is 3.58. The van der Waals surface area contributed by atoms with Crippen molar-refractivity contribution < 1.29 is 4.74 Å². The third-order valence-corrected chi connectivity index (χ3v) is 2.78. The Morgan fingerprint density at radius 1 is 1.50 bits per heavy atom. The van der Waals surface area contributed by atoms with Crippen molar-refractivity contribution in [2.75, 3.05) is 0 Å². The first-order valence-corrected chi connectivity index (χ1v) is 5.86. The number of allylic oxidation sites excluding steroid dienone is 1. The zero-order valence-corrected chi connectivity index (χ0v) is 9.78. The van der Waals surface area contributed by atoms with Gasteiger partial charge in [-0.1, -0.05) is 6.92 Å². The zero-order chi connectivity index (χ0) is 11.3. The molecule has 0 radical (unpaired) electrons. The number of hydrogen-bond donors (Lipinski definition) is 1. The molecule has 1 aromatic rings. The van der Waals surface area contributed by atoms with Gasteiger partial charge in [-0.25, -0.2) is 4.40 Å². The van der Waals surface area contributed by atoms with Crippen LogP contribution >= 0.6 is 12.1 Å². The van der Waals surface area contributed by atoms with Gasteiger partial charge in [0, 0.05) is 18.0 Å². The Morgan fingerprint density at radius 2 is 2.31 bits per heavy atom. The number of aromatic nitrogens is 1. The molecule has 1 aliphatic heterocycles. The average Bonchev–Trinajstić information content (AvgIpc) is 2.81. The van der Waals surface area contributed by atoms with Crippen LogP contribution in [-0.4, -0.2) is 11.2 Å². The summed E-state index contributed by atoms with van der Waals surface area (Å²) in [5.41, 5.74) is 0.316. The predicted octanol–water partition coefficient (Wildman–Crippen LogP) is 2.41. The summed E-state index contributed by atoms with van der Waals surface area (Å²) in [4.78, 5) is 3.99. The van der Waals surface area contributed by atoms with Gasteiger partial charge in [0.15, 0.2) is 0 Å². The molecule has 1 aliphatic rings. The van der Waals surface area contributed by atoms with E-state index in [1.807, 2.05) is 18.2 Å². The number of hydrogen-bond acceptors (Lipinski definition) is 5. The monoisotopic (exact) mass is 235 g/mol. The fourth-order valence-electron chi connectivity index (χ4n) is 1.33. The number of rotatable bonds is 4. The second kappa shape index (κ2) is 5.14. The van der Waals surface area contributed by atoms with Gasteiger partial charge in [-0.2, -0.15) is 4.72 Å². The van der Waals surface area contributed by atoms with Crippen molar-refractivity contribution in [3.8, 4) is 0 Å². The van der Waals surface area contributed by atoms with E-state index in [-0.39, 0.29) is 0 Å². The van der Waals surface area contributed by atoms with Crippen LogP contribution in [0.5, 0.6) is 0 Å². The quantitative estimate of drug-likeness (QED) is 0.643. The average molecular weight is 235 g/mol. The highest BCUT2D eigenvalue weighted by Crippen LogP contribution is 2.28. The van der Waals surface area contributed by atoms with Gasteiger partial charge >= 0.3 is 0 Å². The van der Waals surface area contributed by atoms with E-state index in [0.29, 0.717) is 0 Å². The molecular weight excluding hydrogens is 222 g/mol. The second-order valence-electron chi connectivity index (χ2n) is 3.30. The fourth-order valence-corrected chi connectivity index (χ4v) is 1.94. The number of ether oxygens (including phenoxy) is 1. The summed E-state index contributed by atoms with van der Waals surface area (Å²) in [6.45, 7) is 2.06. The molecule has 4 nitrogen and oxygen atoms in total. The van der Waals surface area contributed by atoms with Gasteiger partial charge in [0.05, 0.1) is 24.6 Å². The second-order valence-corrected chi connectivity index (χ2v) is 3.89. The van der Waals surface area contributed by atoms with Crippen LogP contribution in [0.25, 0.3) is 0 Å². The van der Waals surface area contributed by atoms with E-state index in [4.69, 9.17) is 4.74 Å². The van der Waals surface area contributed by atoms with Crippen molar-refractivity contribution in [2.24, 2.45) is 4.40 Å². The van der Waals surface area contributed by atoms with Crippen LogP contribution < -0.4 is 4.72 Å². The van der Waals surface area contributed by atoms with Crippen molar-refractivity contribution in [3.63, 3.8) is 0 Å². The molecule has 0 aliphatic carbocycles. The van der Waals surface area contributed by atoms with Crippen molar-refractivity contribution in [2.45, 2.75) is 19.1 Å². The van der Waals surface area contributed by atoms with E-state index in [9.17, 15) is 0 Å². The molecule has 0 saturated heterocycles. The van der Waals surface area contributed by atoms with Gasteiger partial charge in [0.1, 0.15) is 0 Å². The maximum Gasteiger partial charge on any atom is 0.233 e. The van der Waals surface area contributed by atoms with Gasteiger partial charge in [0.2, 0.25) is 5.72 Å². The van der Waals surface area contributed by atoms with E-state index in [2.05, 4.69) is 21.0 Å². The fraction of sp³-hybridized carbons (Fsp3) is 0.273. The molecular formula is C11H13N3OS. The third kappa shape index (κ3) is 2.25. The molecule has 1 N–H and O–H groups in total. The summed E-state index contributed by atoms with van der Waals surface area (Å²) in [5, 5.41) is 0. The SMILES string of the molecule is CCC=COC1(c2ccncc2)C=NSN1. The van der Waals surface area contributed by atoms with E-state index in [1.54, 1.807) is 24.9 Å². The van der Waals surface area contributed by atoms with Gasteiger partial charge in [-0.3, -0.25) is 4.98 Å². The molecule has 0 amide bonds. The predicted molar refractivity (Wildman–Crippen MR) is 65.6 cm³/mol. The molecule has 0 fully saturated rings. The van der Waals surface area contributed by atoms with Crippen molar-refractivity contribution >= 4 is 18.3 Å². The van der Waals surface area contributed by atoms with Crippen LogP contribution in [0.2, 0.25) is 0 Å². The molecule has 16 heavy (non-hydrogen) atoms. The van der Waals surface area contributed by atoms with E-state index < -0.39 is 5.72 Å². The molecule has 0 saturated carbocycles. The van der Waals surface area contributed by atoms with Gasteiger partial charge in [-0.05, 0) is 24.6 Å². The smallest absolute Gasteiger partial charge is 0.233 e. The van der Waals surface area contributed by atoms with E-state index in [1.165, 1.54) is 12.1 Å². The lowest BCUT2D eigenvalue weighted by Gasteiger charge is -2.25. The minimum atomic E-state index is -0.667. The van der Waals surface area contributed by atoms with E-state index >= 15 is 0 Å².